The summed E-state index contributed by atoms with van der Waals surface area (Å²) in [5, 5.41) is -0.241. The van der Waals surface area contributed by atoms with E-state index in [1.165, 1.54) is 13.8 Å². The Morgan fingerprint density at radius 2 is 1.89 bits per heavy atom. The Kier molecular flexibility index (Phi) is 8.50. The number of nitrogen functional groups attached to an aromatic ring is 1. The minimum absolute atomic E-state index is 0.00634. The molecule has 6 aliphatic heterocycles. The van der Waals surface area contributed by atoms with Gasteiger partial charge in [-0.25, -0.2) is 18.6 Å². The van der Waals surface area contributed by atoms with Gasteiger partial charge in [0.05, 0.1) is 56.3 Å². The first-order valence-corrected chi connectivity index (χ1v) is 19.5. The van der Waals surface area contributed by atoms with Crippen LogP contribution in [0.15, 0.2) is 12.6 Å². The van der Waals surface area contributed by atoms with Gasteiger partial charge in [0.2, 0.25) is 6.29 Å². The lowest BCUT2D eigenvalue weighted by molar-refractivity contribution is -0.170. The summed E-state index contributed by atoms with van der Waals surface area (Å²) in [4.78, 5) is 45.0. The van der Waals surface area contributed by atoms with Gasteiger partial charge >= 0.3 is 24.2 Å². The van der Waals surface area contributed by atoms with Crippen LogP contribution in [-0.4, -0.2) is 98.7 Å². The van der Waals surface area contributed by atoms with Gasteiger partial charge in [0.15, 0.2) is 5.82 Å². The summed E-state index contributed by atoms with van der Waals surface area (Å²) in [7, 11) is 0. The van der Waals surface area contributed by atoms with Gasteiger partial charge in [-0.3, -0.25) is 14.6 Å². The highest BCUT2D eigenvalue weighted by Crippen LogP contribution is 2.69. The quantitative estimate of drug-likeness (QED) is 0.149. The average Bonchev–Trinajstić information content (AvgIpc) is 3.33. The second-order valence-corrected chi connectivity index (χ2v) is 17.0. The largest absolute Gasteiger partial charge is 0.461 e. The molecule has 8 heterocycles. The molecule has 304 valence electrons. The van der Waals surface area contributed by atoms with Crippen molar-refractivity contribution in [1.29, 1.82) is 0 Å². The maximum Gasteiger partial charge on any atom is 0.418 e. The Labute approximate surface area is 329 Å². The van der Waals surface area contributed by atoms with Crippen molar-refractivity contribution in [1.82, 2.24) is 24.8 Å². The van der Waals surface area contributed by atoms with Crippen LogP contribution in [-0.2, 0) is 20.4 Å². The molecule has 4 bridgehead atoms. The number of carbonyl (C=O) groups is 2. The van der Waals surface area contributed by atoms with Crippen molar-refractivity contribution in [2.24, 2.45) is 11.8 Å². The van der Waals surface area contributed by atoms with Crippen LogP contribution >= 0.6 is 11.6 Å². The molecule has 1 saturated carbocycles. The number of anilines is 2. The van der Waals surface area contributed by atoms with Crippen molar-refractivity contribution in [3.63, 3.8) is 0 Å². The van der Waals surface area contributed by atoms with Gasteiger partial charge in [-0.05, 0) is 56.4 Å². The number of amides is 1. The molecule has 0 radical (unpaired) electrons. The minimum atomic E-state index is -4.96. The van der Waals surface area contributed by atoms with Crippen molar-refractivity contribution in [2.75, 3.05) is 36.9 Å². The number of nitrogens with zero attached hydrogens (tertiary/aromatic N) is 6. The van der Waals surface area contributed by atoms with E-state index in [4.69, 9.17) is 36.5 Å². The highest BCUT2D eigenvalue weighted by atomic mass is 35.5. The zero-order valence-corrected chi connectivity index (χ0v) is 32.4. The molecule has 3 aromatic rings. The Bertz CT molecular complexity index is 2280. The number of hydrogen-bond donors (Lipinski definition) is 1. The topological polar surface area (TPSA) is 136 Å². The fourth-order valence-electron chi connectivity index (χ4n) is 10.6. The van der Waals surface area contributed by atoms with Gasteiger partial charge in [-0.15, -0.1) is 0 Å². The molecule has 6 fully saturated rings. The van der Waals surface area contributed by atoms with Crippen LogP contribution in [0.1, 0.15) is 69.6 Å². The summed E-state index contributed by atoms with van der Waals surface area (Å²) in [5.74, 6) is -2.32. The Morgan fingerprint density at radius 1 is 1.14 bits per heavy atom. The standard InChI is InChI=1S/C39H41ClF5N7O5/c1-16(2)34(53)56-19(5)57-36(54)52-21-10-22-32(52)38(22)11-18(4)24-25-31(29(42)26(28(24)40)30-27(39(43,44)45)17(3)9-23(46)47-30)48-35(49-33(25)51(38)14-21)55-15-37-7-6-8-50(37)13-20(41)12-37/h9,16,19-22,32H,4,6-8,10-15H2,1-3,5H3,(H2,46,47)/t19?,20-,21-,22?,32+,37+,38-/m1/s1. The van der Waals surface area contributed by atoms with E-state index in [9.17, 15) is 27.2 Å². The first kappa shape index (κ1) is 38.0. The number of fused-ring (bicyclic) bond motifs is 1. The zero-order valence-electron chi connectivity index (χ0n) is 31.7. The molecular formula is C39H41ClF5N7O5. The van der Waals surface area contributed by atoms with Crippen LogP contribution in [0.5, 0.6) is 6.01 Å². The number of hydrogen-bond acceptors (Lipinski definition) is 11. The molecular weight excluding hydrogens is 777 g/mol. The third kappa shape index (κ3) is 5.57. The van der Waals surface area contributed by atoms with Crippen LogP contribution in [0.3, 0.4) is 0 Å². The van der Waals surface area contributed by atoms with E-state index in [-0.39, 0.29) is 89.2 Å². The van der Waals surface area contributed by atoms with Crippen LogP contribution in [0.25, 0.3) is 27.7 Å². The second kappa shape index (κ2) is 12.7. The highest BCUT2D eigenvalue weighted by Gasteiger charge is 2.80. The molecule has 2 aromatic heterocycles. The van der Waals surface area contributed by atoms with Crippen LogP contribution in [0, 0.1) is 24.6 Å². The molecule has 1 amide bonds. The molecule has 2 N–H and O–H groups in total. The molecule has 1 aliphatic carbocycles. The maximum absolute atomic E-state index is 17.4. The fourth-order valence-corrected chi connectivity index (χ4v) is 11.0. The summed E-state index contributed by atoms with van der Waals surface area (Å²) >= 11 is 7.07. The van der Waals surface area contributed by atoms with Crippen molar-refractivity contribution < 1.29 is 45.8 Å². The number of nitrogens with two attached hydrogens (primary N) is 1. The number of alkyl halides is 4. The summed E-state index contributed by atoms with van der Waals surface area (Å²) in [6, 6.07) is -0.00601. The Morgan fingerprint density at radius 3 is 2.61 bits per heavy atom. The van der Waals surface area contributed by atoms with E-state index >= 15 is 4.39 Å². The molecule has 7 aliphatic rings. The SMILES string of the molecule is C=C1C[C@]23C4C[C@H](CN2c2nc(OC[C@@]56CCCN5C[C@H](F)C6)nc5c(F)c(-c6nc(N)cc(C)c6C(F)(F)F)c(Cl)c1c25)N(C(=O)OC(C)OC(=O)C(C)C)[C@@H]43. The number of piperidine rings is 2. The molecule has 1 spiro atoms. The molecule has 18 heteroatoms. The van der Waals surface area contributed by atoms with Gasteiger partial charge in [-0.1, -0.05) is 32.0 Å². The summed E-state index contributed by atoms with van der Waals surface area (Å²) in [6.45, 7) is 11.5. The van der Waals surface area contributed by atoms with Gasteiger partial charge in [0, 0.05) is 37.9 Å². The van der Waals surface area contributed by atoms with E-state index in [0.717, 1.165) is 12.5 Å². The number of esters is 1. The van der Waals surface area contributed by atoms with E-state index < -0.39 is 76.4 Å². The zero-order chi connectivity index (χ0) is 40.7. The van der Waals surface area contributed by atoms with Crippen molar-refractivity contribution in [3.05, 3.63) is 40.2 Å². The van der Waals surface area contributed by atoms with E-state index in [1.54, 1.807) is 18.7 Å². The van der Waals surface area contributed by atoms with Crippen LogP contribution in [0.2, 0.25) is 5.02 Å². The van der Waals surface area contributed by atoms with Crippen molar-refractivity contribution >= 4 is 51.8 Å². The fraction of sp³-hybridized carbons (Fsp3) is 0.564. The van der Waals surface area contributed by atoms with Crippen molar-refractivity contribution in [3.8, 4) is 17.3 Å². The summed E-state index contributed by atoms with van der Waals surface area (Å²) in [5.41, 5.74) is 1.72. The van der Waals surface area contributed by atoms with E-state index in [0.29, 0.717) is 25.0 Å². The number of ether oxygens (including phenoxy) is 3. The molecule has 10 rings (SSSR count). The number of benzene rings is 1. The maximum atomic E-state index is 17.4. The lowest BCUT2D eigenvalue weighted by Gasteiger charge is -2.47. The molecule has 5 saturated heterocycles. The van der Waals surface area contributed by atoms with Gasteiger partial charge in [0.25, 0.3) is 0 Å². The van der Waals surface area contributed by atoms with E-state index in [2.05, 4.69) is 16.5 Å². The number of piperazine rings is 1. The molecule has 1 aromatic carbocycles. The summed E-state index contributed by atoms with van der Waals surface area (Å²) in [6.07, 6.45) is -5.31. The smallest absolute Gasteiger partial charge is 0.418 e. The molecule has 57 heavy (non-hydrogen) atoms. The molecule has 2 unspecified atom stereocenters. The second-order valence-electron chi connectivity index (χ2n) is 16.7. The average molecular weight is 818 g/mol. The van der Waals surface area contributed by atoms with Crippen LogP contribution in [0.4, 0.5) is 38.4 Å². The van der Waals surface area contributed by atoms with Crippen molar-refractivity contribution in [2.45, 2.75) is 102 Å². The Balaban J connectivity index is 1.18. The number of aryl methyl sites for hydroxylation is 1. The van der Waals surface area contributed by atoms with Gasteiger partial charge in [0.1, 0.15) is 29.9 Å². The number of aromatic nitrogens is 3. The summed E-state index contributed by atoms with van der Waals surface area (Å²) < 4.78 is 93.4. The van der Waals surface area contributed by atoms with E-state index in [1.807, 2.05) is 9.80 Å². The van der Waals surface area contributed by atoms with Crippen LogP contribution < -0.4 is 15.4 Å². The highest BCUT2D eigenvalue weighted by molar-refractivity contribution is 6.37. The number of pyridine rings is 1. The number of halogens is 6. The number of carbonyl (C=O) groups excluding carboxylic acids is 2. The monoisotopic (exact) mass is 817 g/mol. The predicted octanol–water partition coefficient (Wildman–Crippen LogP) is 7.08. The molecule has 7 atom stereocenters. The third-order valence-corrected chi connectivity index (χ3v) is 13.2. The first-order chi connectivity index (χ1) is 26.9. The lowest BCUT2D eigenvalue weighted by Crippen LogP contribution is -2.61. The predicted molar refractivity (Wildman–Crippen MR) is 199 cm³/mol. The van der Waals surface area contributed by atoms with Gasteiger partial charge in [-0.2, -0.15) is 23.1 Å². The van der Waals surface area contributed by atoms with Gasteiger partial charge < -0.3 is 24.8 Å². The first-order valence-electron chi connectivity index (χ1n) is 19.1. The lowest BCUT2D eigenvalue weighted by atomic mass is 9.89. The molecule has 12 nitrogen and oxygen atoms in total. The normalized spacial score (nSPS) is 29.1. The number of rotatable bonds is 7. The Hall–Kier alpha value is -4.51. The third-order valence-electron chi connectivity index (χ3n) is 12.9. The minimum Gasteiger partial charge on any atom is -0.461 e.